The first kappa shape index (κ1) is 7.84. The van der Waals surface area contributed by atoms with Gasteiger partial charge < -0.3 is 0 Å². The molecule has 0 atom stereocenters. The monoisotopic (exact) mass is 290 g/mol. The summed E-state index contributed by atoms with van der Waals surface area (Å²) < 4.78 is 11.9. The van der Waals surface area contributed by atoms with Crippen molar-refractivity contribution < 1.29 is 25.5 Å². The Kier molecular flexibility index (Phi) is 3.72. The number of rotatable bonds is 0. The number of halogens is 1. The summed E-state index contributed by atoms with van der Waals surface area (Å²) in [5, 5.41) is 0. The predicted octanol–water partition coefficient (Wildman–Crippen LogP) is 1.62. The summed E-state index contributed by atoms with van der Waals surface area (Å²) in [5.41, 5.74) is 0. The van der Waals surface area contributed by atoms with Crippen LogP contribution < -0.4 is 0 Å². The third-order valence-corrected chi connectivity index (χ3v) is 0.678. The Hall–Kier alpha value is -0.162. The van der Waals surface area contributed by atoms with Crippen LogP contribution in [0.1, 0.15) is 0 Å². The van der Waals surface area contributed by atoms with Gasteiger partial charge in [0, 0.05) is 26.9 Å². The summed E-state index contributed by atoms with van der Waals surface area (Å²) in [7, 11) is 0. The Morgan fingerprint density at radius 1 is 1.25 bits per heavy atom. The molecule has 0 N–H and O–H groups in total. The van der Waals surface area contributed by atoms with Crippen molar-refractivity contribution in [2.45, 2.75) is 0 Å². The summed E-state index contributed by atoms with van der Waals surface area (Å²) >= 11 is 0. The molecular formula is C6H4FPt-. The van der Waals surface area contributed by atoms with Crippen molar-refractivity contribution >= 4 is 0 Å². The van der Waals surface area contributed by atoms with E-state index in [2.05, 4.69) is 6.07 Å². The fraction of sp³-hybridized carbons (Fsp3) is 0. The van der Waals surface area contributed by atoms with Crippen LogP contribution in [0.5, 0.6) is 0 Å². The van der Waals surface area contributed by atoms with Crippen LogP contribution in [0.3, 0.4) is 0 Å². The van der Waals surface area contributed by atoms with E-state index in [1.807, 2.05) is 0 Å². The van der Waals surface area contributed by atoms with Gasteiger partial charge in [0.05, 0.1) is 0 Å². The van der Waals surface area contributed by atoms with Crippen molar-refractivity contribution in [3.63, 3.8) is 0 Å². The van der Waals surface area contributed by atoms with Crippen LogP contribution in [-0.2, 0) is 21.1 Å². The first-order chi connectivity index (χ1) is 3.39. The SMILES string of the molecule is Fc1cc[c-]cc1.[Pt]. The summed E-state index contributed by atoms with van der Waals surface area (Å²) in [6.07, 6.45) is 0. The van der Waals surface area contributed by atoms with Gasteiger partial charge in [0.25, 0.3) is 0 Å². The minimum atomic E-state index is -0.209. The Balaban J connectivity index is 0.000000490. The van der Waals surface area contributed by atoms with E-state index in [1.165, 1.54) is 24.3 Å². The molecule has 0 unspecified atom stereocenters. The number of hydrogen-bond acceptors (Lipinski definition) is 0. The minimum absolute atomic E-state index is 0. The van der Waals surface area contributed by atoms with Crippen LogP contribution in [0.2, 0.25) is 0 Å². The van der Waals surface area contributed by atoms with E-state index in [-0.39, 0.29) is 26.9 Å². The van der Waals surface area contributed by atoms with Crippen LogP contribution in [0.4, 0.5) is 4.39 Å². The first-order valence-corrected chi connectivity index (χ1v) is 2.01. The van der Waals surface area contributed by atoms with E-state index >= 15 is 0 Å². The van der Waals surface area contributed by atoms with Gasteiger partial charge in [-0.3, -0.25) is 0 Å². The average molecular weight is 290 g/mol. The Labute approximate surface area is 62.0 Å². The van der Waals surface area contributed by atoms with Crippen LogP contribution in [0.25, 0.3) is 0 Å². The largest absolute Gasteiger partial charge is 0.236 e. The summed E-state index contributed by atoms with van der Waals surface area (Å²) in [4.78, 5) is 0. The molecule has 0 fully saturated rings. The fourth-order valence-electron chi connectivity index (χ4n) is 0.367. The second kappa shape index (κ2) is 3.79. The van der Waals surface area contributed by atoms with Crippen LogP contribution >= 0.6 is 0 Å². The van der Waals surface area contributed by atoms with Crippen molar-refractivity contribution in [2.24, 2.45) is 0 Å². The van der Waals surface area contributed by atoms with Crippen LogP contribution in [-0.4, -0.2) is 0 Å². The zero-order valence-corrected chi connectivity index (χ0v) is 6.28. The van der Waals surface area contributed by atoms with Crippen molar-refractivity contribution in [3.05, 3.63) is 36.1 Å². The molecule has 46 valence electrons. The van der Waals surface area contributed by atoms with Crippen LogP contribution in [0.15, 0.2) is 24.3 Å². The van der Waals surface area contributed by atoms with Crippen molar-refractivity contribution in [1.29, 1.82) is 0 Å². The molecule has 0 saturated heterocycles. The molecule has 0 heterocycles. The van der Waals surface area contributed by atoms with Crippen LogP contribution in [0, 0.1) is 11.9 Å². The van der Waals surface area contributed by atoms with Gasteiger partial charge in [0.2, 0.25) is 0 Å². The smallest absolute Gasteiger partial charge is 0.0151 e. The third kappa shape index (κ3) is 2.22. The first-order valence-electron chi connectivity index (χ1n) is 2.01. The Morgan fingerprint density at radius 3 is 2.00 bits per heavy atom. The molecule has 1 rings (SSSR count). The van der Waals surface area contributed by atoms with E-state index in [4.69, 9.17) is 0 Å². The van der Waals surface area contributed by atoms with E-state index < -0.39 is 0 Å². The third-order valence-electron chi connectivity index (χ3n) is 0.678. The molecule has 1 aromatic carbocycles. The molecule has 0 amide bonds. The average Bonchev–Trinajstić information content (AvgIpc) is 1.69. The molecule has 2 heteroatoms. The zero-order chi connectivity index (χ0) is 5.11. The van der Waals surface area contributed by atoms with E-state index in [9.17, 15) is 4.39 Å². The van der Waals surface area contributed by atoms with Gasteiger partial charge in [0.1, 0.15) is 0 Å². The van der Waals surface area contributed by atoms with E-state index in [1.54, 1.807) is 0 Å². The van der Waals surface area contributed by atoms with Gasteiger partial charge in [-0.05, 0) is 0 Å². The number of benzene rings is 1. The molecule has 0 bridgehead atoms. The molecular weight excluding hydrogens is 286 g/mol. The molecule has 8 heavy (non-hydrogen) atoms. The number of hydrogen-bond donors (Lipinski definition) is 0. The Bertz CT molecular complexity index is 138. The van der Waals surface area contributed by atoms with E-state index in [0.29, 0.717) is 0 Å². The van der Waals surface area contributed by atoms with Gasteiger partial charge in [-0.25, -0.2) is 4.39 Å². The molecule has 0 radical (unpaired) electrons. The second-order valence-electron chi connectivity index (χ2n) is 1.22. The van der Waals surface area contributed by atoms with Gasteiger partial charge in [-0.2, -0.15) is 18.2 Å². The maximum atomic E-state index is 11.9. The molecule has 0 aliphatic carbocycles. The fourth-order valence-corrected chi connectivity index (χ4v) is 0.367. The van der Waals surface area contributed by atoms with Gasteiger partial charge in [-0.1, -0.05) is 0 Å². The molecule has 0 nitrogen and oxygen atoms in total. The van der Waals surface area contributed by atoms with E-state index in [0.717, 1.165) is 0 Å². The topological polar surface area (TPSA) is 0 Å². The van der Waals surface area contributed by atoms with Crippen molar-refractivity contribution in [2.75, 3.05) is 0 Å². The maximum Gasteiger partial charge on any atom is 0.0151 e. The summed E-state index contributed by atoms with van der Waals surface area (Å²) in [6, 6.07) is 8.49. The zero-order valence-electron chi connectivity index (χ0n) is 4.00. The van der Waals surface area contributed by atoms with Gasteiger partial charge >= 0.3 is 0 Å². The summed E-state index contributed by atoms with van der Waals surface area (Å²) in [6.45, 7) is 0. The minimum Gasteiger partial charge on any atom is -0.236 e. The van der Waals surface area contributed by atoms with Gasteiger partial charge in [0.15, 0.2) is 0 Å². The standard InChI is InChI=1S/C6H4F.Pt/c7-6-4-2-1-3-5-6;/h2-5H;/q-1;. The summed E-state index contributed by atoms with van der Waals surface area (Å²) in [5.74, 6) is -0.209. The normalized spacial score (nSPS) is 7.62. The maximum absolute atomic E-state index is 11.9. The van der Waals surface area contributed by atoms with Crippen molar-refractivity contribution in [1.82, 2.24) is 0 Å². The second-order valence-corrected chi connectivity index (χ2v) is 1.22. The molecule has 0 aromatic heterocycles. The quantitative estimate of drug-likeness (QED) is 0.637. The molecule has 0 aliphatic heterocycles. The molecule has 0 spiro atoms. The van der Waals surface area contributed by atoms with Crippen molar-refractivity contribution in [3.8, 4) is 0 Å². The molecule has 1 aromatic rings. The molecule has 0 aliphatic rings. The Morgan fingerprint density at radius 2 is 1.75 bits per heavy atom. The molecule has 0 saturated carbocycles. The predicted molar refractivity (Wildman–Crippen MR) is 25.2 cm³/mol. The van der Waals surface area contributed by atoms with Gasteiger partial charge in [-0.15, -0.1) is 12.1 Å².